The minimum absolute atomic E-state index is 0.0479. The summed E-state index contributed by atoms with van der Waals surface area (Å²) in [6, 6.07) is 4.07. The van der Waals surface area contributed by atoms with Gasteiger partial charge in [-0.25, -0.2) is 8.78 Å². The maximum absolute atomic E-state index is 12.7. The molecular weight excluding hydrogens is 228 g/mol. The van der Waals surface area contributed by atoms with Crippen LogP contribution in [-0.4, -0.2) is 11.1 Å². The monoisotopic (exact) mass is 243 g/mol. The molecule has 0 aliphatic heterocycles. The molecule has 1 aromatic carbocycles. The number of aryl methyl sites for hydroxylation is 1. The molecule has 0 bridgehead atoms. The number of alkyl halides is 2. The van der Waals surface area contributed by atoms with Crippen LogP contribution in [0.3, 0.4) is 0 Å². The fourth-order valence-electron chi connectivity index (χ4n) is 1.57. The number of hydrogen-bond donors (Lipinski definition) is 2. The van der Waals surface area contributed by atoms with Crippen LogP contribution < -0.4 is 5.73 Å². The summed E-state index contributed by atoms with van der Waals surface area (Å²) in [5.74, 6) is -0.943. The highest BCUT2D eigenvalue weighted by Crippen LogP contribution is 2.26. The van der Waals surface area contributed by atoms with Crippen LogP contribution in [0, 0.1) is 6.92 Å². The van der Waals surface area contributed by atoms with Crippen molar-refractivity contribution >= 4 is 5.97 Å². The highest BCUT2D eigenvalue weighted by Gasteiger charge is 2.14. The zero-order valence-electron chi connectivity index (χ0n) is 9.49. The minimum Gasteiger partial charge on any atom is -0.481 e. The van der Waals surface area contributed by atoms with Crippen LogP contribution in [0.2, 0.25) is 0 Å². The van der Waals surface area contributed by atoms with Crippen LogP contribution in [0.25, 0.3) is 0 Å². The third kappa shape index (κ3) is 3.78. The van der Waals surface area contributed by atoms with E-state index in [1.54, 1.807) is 19.1 Å². The Balaban J connectivity index is 2.84. The van der Waals surface area contributed by atoms with Gasteiger partial charge in [-0.3, -0.25) is 4.79 Å². The molecule has 17 heavy (non-hydrogen) atoms. The second-order valence-electron chi connectivity index (χ2n) is 3.96. The Morgan fingerprint density at radius 2 is 2.12 bits per heavy atom. The Bertz CT molecular complexity index is 407. The van der Waals surface area contributed by atoms with Crippen molar-refractivity contribution in [3.05, 3.63) is 34.9 Å². The molecule has 0 aliphatic carbocycles. The first-order chi connectivity index (χ1) is 7.91. The number of carboxylic acids is 1. The predicted octanol–water partition coefficient (Wildman–Crippen LogP) is 2.80. The molecule has 1 unspecified atom stereocenters. The number of carbonyl (C=O) groups is 1. The molecule has 0 saturated heterocycles. The van der Waals surface area contributed by atoms with E-state index in [1.165, 1.54) is 6.07 Å². The Kier molecular flexibility index (Phi) is 4.57. The molecule has 3 nitrogen and oxygen atoms in total. The third-order valence-electron chi connectivity index (χ3n) is 2.64. The van der Waals surface area contributed by atoms with E-state index in [1.807, 2.05) is 0 Å². The fraction of sp³-hybridized carbons (Fsp3) is 0.417. The molecule has 0 saturated carbocycles. The smallest absolute Gasteiger partial charge is 0.303 e. The van der Waals surface area contributed by atoms with E-state index in [2.05, 4.69) is 0 Å². The summed E-state index contributed by atoms with van der Waals surface area (Å²) >= 11 is 0. The largest absolute Gasteiger partial charge is 0.481 e. The van der Waals surface area contributed by atoms with Crippen molar-refractivity contribution < 1.29 is 18.7 Å². The fourth-order valence-corrected chi connectivity index (χ4v) is 1.57. The summed E-state index contributed by atoms with van der Waals surface area (Å²) in [7, 11) is 0. The van der Waals surface area contributed by atoms with E-state index in [0.717, 1.165) is 0 Å². The Morgan fingerprint density at radius 3 is 2.65 bits per heavy atom. The lowest BCUT2D eigenvalue weighted by Crippen LogP contribution is -2.12. The van der Waals surface area contributed by atoms with Gasteiger partial charge in [0.1, 0.15) is 0 Å². The van der Waals surface area contributed by atoms with Gasteiger partial charge in [0.05, 0.1) is 0 Å². The summed E-state index contributed by atoms with van der Waals surface area (Å²) in [6.45, 7) is 1.61. The third-order valence-corrected chi connectivity index (χ3v) is 2.64. The van der Waals surface area contributed by atoms with Crippen LogP contribution in [0.15, 0.2) is 18.2 Å². The first-order valence-electron chi connectivity index (χ1n) is 5.27. The van der Waals surface area contributed by atoms with Gasteiger partial charge in [-0.15, -0.1) is 0 Å². The Morgan fingerprint density at radius 1 is 1.47 bits per heavy atom. The van der Waals surface area contributed by atoms with Gasteiger partial charge in [-0.1, -0.05) is 12.1 Å². The van der Waals surface area contributed by atoms with Crippen LogP contribution >= 0.6 is 0 Å². The number of rotatable bonds is 5. The van der Waals surface area contributed by atoms with Crippen molar-refractivity contribution in [2.75, 3.05) is 0 Å². The standard InChI is InChI=1S/C12H15F2NO2/c1-7-2-3-8(6-9(7)12(13)14)10(15)4-5-11(16)17/h2-3,6,10,12H,4-5,15H2,1H3,(H,16,17). The SMILES string of the molecule is Cc1ccc(C(N)CCC(=O)O)cc1C(F)F. The quantitative estimate of drug-likeness (QED) is 0.835. The van der Waals surface area contributed by atoms with Gasteiger partial charge in [0.25, 0.3) is 6.43 Å². The summed E-state index contributed by atoms with van der Waals surface area (Å²) < 4.78 is 25.3. The molecule has 1 rings (SSSR count). The predicted molar refractivity (Wildman–Crippen MR) is 59.9 cm³/mol. The average molecular weight is 243 g/mol. The van der Waals surface area contributed by atoms with Crippen molar-refractivity contribution in [1.29, 1.82) is 0 Å². The van der Waals surface area contributed by atoms with E-state index in [-0.39, 0.29) is 18.4 Å². The van der Waals surface area contributed by atoms with Crippen LogP contribution in [0.1, 0.15) is 42.0 Å². The van der Waals surface area contributed by atoms with Crippen molar-refractivity contribution in [1.82, 2.24) is 0 Å². The highest BCUT2D eigenvalue weighted by molar-refractivity contribution is 5.66. The van der Waals surface area contributed by atoms with Gasteiger partial charge in [-0.05, 0) is 30.5 Å². The molecule has 0 fully saturated rings. The van der Waals surface area contributed by atoms with Gasteiger partial charge in [0, 0.05) is 18.0 Å². The molecule has 3 N–H and O–H groups in total. The van der Waals surface area contributed by atoms with Gasteiger partial charge >= 0.3 is 5.97 Å². The van der Waals surface area contributed by atoms with E-state index >= 15 is 0 Å². The first kappa shape index (κ1) is 13.6. The summed E-state index contributed by atoms with van der Waals surface area (Å²) in [4.78, 5) is 10.4. The molecule has 0 aliphatic rings. The Hall–Kier alpha value is -1.49. The minimum atomic E-state index is -2.54. The number of aliphatic carboxylic acids is 1. The molecule has 0 radical (unpaired) electrons. The first-order valence-corrected chi connectivity index (χ1v) is 5.27. The van der Waals surface area contributed by atoms with E-state index in [4.69, 9.17) is 10.8 Å². The normalized spacial score (nSPS) is 12.8. The lowest BCUT2D eigenvalue weighted by Gasteiger charge is -2.13. The van der Waals surface area contributed by atoms with E-state index < -0.39 is 18.4 Å². The highest BCUT2D eigenvalue weighted by atomic mass is 19.3. The molecule has 0 aromatic heterocycles. The summed E-state index contributed by atoms with van der Waals surface area (Å²) in [6.07, 6.45) is -2.37. The van der Waals surface area contributed by atoms with Gasteiger partial charge < -0.3 is 10.8 Å². The topological polar surface area (TPSA) is 63.3 Å². The van der Waals surface area contributed by atoms with Crippen molar-refractivity contribution in [3.63, 3.8) is 0 Å². The molecule has 5 heteroatoms. The van der Waals surface area contributed by atoms with Gasteiger partial charge in [-0.2, -0.15) is 0 Å². The molecule has 0 amide bonds. The zero-order chi connectivity index (χ0) is 13.0. The van der Waals surface area contributed by atoms with Crippen LogP contribution in [0.5, 0.6) is 0 Å². The number of nitrogens with two attached hydrogens (primary N) is 1. The number of halogens is 2. The lowest BCUT2D eigenvalue weighted by atomic mass is 9.98. The average Bonchev–Trinajstić information content (AvgIpc) is 2.26. The molecule has 1 atom stereocenters. The van der Waals surface area contributed by atoms with Crippen molar-refractivity contribution in [3.8, 4) is 0 Å². The molecule has 1 aromatic rings. The maximum atomic E-state index is 12.7. The summed E-state index contributed by atoms with van der Waals surface area (Å²) in [5, 5.41) is 8.52. The number of benzene rings is 1. The Labute approximate surface area is 98.2 Å². The molecule has 0 spiro atoms. The molecular formula is C12H15F2NO2. The molecule has 94 valence electrons. The van der Waals surface area contributed by atoms with Crippen molar-refractivity contribution in [2.45, 2.75) is 32.2 Å². The summed E-state index contributed by atoms with van der Waals surface area (Å²) in [5.41, 5.74) is 6.76. The van der Waals surface area contributed by atoms with Gasteiger partial charge in [0.2, 0.25) is 0 Å². The number of hydrogen-bond acceptors (Lipinski definition) is 2. The zero-order valence-corrected chi connectivity index (χ0v) is 9.49. The lowest BCUT2D eigenvalue weighted by molar-refractivity contribution is -0.137. The maximum Gasteiger partial charge on any atom is 0.303 e. The van der Waals surface area contributed by atoms with Gasteiger partial charge in [0.15, 0.2) is 0 Å². The van der Waals surface area contributed by atoms with Crippen molar-refractivity contribution in [2.24, 2.45) is 5.73 Å². The van der Waals surface area contributed by atoms with E-state index in [0.29, 0.717) is 11.1 Å². The van der Waals surface area contributed by atoms with Crippen LogP contribution in [0.4, 0.5) is 8.78 Å². The number of carboxylic acid groups (broad SMARTS) is 1. The van der Waals surface area contributed by atoms with Crippen LogP contribution in [-0.2, 0) is 4.79 Å². The molecule has 0 heterocycles. The second kappa shape index (κ2) is 5.72. The second-order valence-corrected chi connectivity index (χ2v) is 3.96. The van der Waals surface area contributed by atoms with E-state index in [9.17, 15) is 13.6 Å².